The third-order valence-electron chi connectivity index (χ3n) is 5.17. The summed E-state index contributed by atoms with van der Waals surface area (Å²) in [6, 6.07) is 16.8. The molecule has 4 rings (SSSR count). The van der Waals surface area contributed by atoms with Crippen LogP contribution in [0.4, 0.5) is 0 Å². The van der Waals surface area contributed by atoms with Crippen molar-refractivity contribution >= 4 is 23.6 Å². The zero-order valence-electron chi connectivity index (χ0n) is 17.7. The molecule has 6 nitrogen and oxygen atoms in total. The predicted molar refractivity (Wildman–Crippen MR) is 122 cm³/mol. The largest absolute Gasteiger partial charge is 0.362 e. The third-order valence-corrected chi connectivity index (χ3v) is 6.12. The molecule has 160 valence electrons. The van der Waals surface area contributed by atoms with E-state index >= 15 is 0 Å². The molecule has 2 amide bonds. The Bertz CT molecular complexity index is 995. The monoisotopic (exact) mass is 435 g/mol. The van der Waals surface area contributed by atoms with Crippen molar-refractivity contribution in [2.75, 3.05) is 25.5 Å². The summed E-state index contributed by atoms with van der Waals surface area (Å²) in [5, 5.41) is 0.825. The number of rotatable bonds is 7. The number of aromatic amines is 1. The molecule has 0 radical (unpaired) electrons. The van der Waals surface area contributed by atoms with Gasteiger partial charge in [0.15, 0.2) is 5.16 Å². The Hall–Kier alpha value is -2.90. The van der Waals surface area contributed by atoms with E-state index in [9.17, 15) is 9.59 Å². The van der Waals surface area contributed by atoms with Gasteiger partial charge >= 0.3 is 0 Å². The van der Waals surface area contributed by atoms with Gasteiger partial charge in [0.1, 0.15) is 13.2 Å². The molecule has 1 aromatic heterocycles. The van der Waals surface area contributed by atoms with Crippen LogP contribution in [0.2, 0.25) is 0 Å². The number of aromatic nitrogens is 2. The second-order valence-corrected chi connectivity index (χ2v) is 8.72. The van der Waals surface area contributed by atoms with Crippen LogP contribution < -0.4 is 0 Å². The summed E-state index contributed by atoms with van der Waals surface area (Å²) in [5.41, 5.74) is 6.48. The van der Waals surface area contributed by atoms with Crippen LogP contribution >= 0.6 is 11.8 Å². The normalized spacial score (nSPS) is 14.3. The number of nitrogens with one attached hydrogen (secondary N) is 1. The average Bonchev–Trinajstić information content (AvgIpc) is 3.18. The van der Waals surface area contributed by atoms with Crippen LogP contribution in [0.1, 0.15) is 17.5 Å². The molecule has 0 spiro atoms. The first-order valence-electron chi connectivity index (χ1n) is 10.3. The van der Waals surface area contributed by atoms with E-state index in [4.69, 9.17) is 9.72 Å². The summed E-state index contributed by atoms with van der Waals surface area (Å²) in [6.07, 6.45) is 0.697. The topological polar surface area (TPSA) is 75.3 Å². The van der Waals surface area contributed by atoms with Crippen LogP contribution in [0.25, 0.3) is 22.5 Å². The molecule has 2 heterocycles. The van der Waals surface area contributed by atoms with Crippen molar-refractivity contribution < 1.29 is 14.3 Å². The lowest BCUT2D eigenvalue weighted by Crippen LogP contribution is -2.46. The van der Waals surface area contributed by atoms with E-state index in [1.165, 1.54) is 16.0 Å². The van der Waals surface area contributed by atoms with Crippen molar-refractivity contribution in [3.63, 3.8) is 0 Å². The van der Waals surface area contributed by atoms with Crippen molar-refractivity contribution in [2.24, 2.45) is 0 Å². The van der Waals surface area contributed by atoms with E-state index < -0.39 is 0 Å². The van der Waals surface area contributed by atoms with Crippen molar-refractivity contribution in [3.8, 4) is 22.5 Å². The average molecular weight is 436 g/mol. The Labute approximate surface area is 186 Å². The lowest BCUT2D eigenvalue weighted by Gasteiger charge is -2.24. The molecule has 0 unspecified atom stereocenters. The first kappa shape index (κ1) is 21.3. The summed E-state index contributed by atoms with van der Waals surface area (Å²) >= 11 is 1.59. The molecule has 3 aromatic rings. The Morgan fingerprint density at radius 3 is 2.13 bits per heavy atom. The molecular weight excluding hydrogens is 410 g/mol. The molecule has 31 heavy (non-hydrogen) atoms. The van der Waals surface area contributed by atoms with Crippen LogP contribution in [0.3, 0.4) is 0 Å². The van der Waals surface area contributed by atoms with Gasteiger partial charge in [-0.25, -0.2) is 4.98 Å². The van der Waals surface area contributed by atoms with Gasteiger partial charge < -0.3 is 9.72 Å². The van der Waals surface area contributed by atoms with Gasteiger partial charge in [0.2, 0.25) is 0 Å². The summed E-state index contributed by atoms with van der Waals surface area (Å²) in [5.74, 6) is 0.219. The van der Waals surface area contributed by atoms with Crippen molar-refractivity contribution in [1.82, 2.24) is 14.9 Å². The number of benzene rings is 2. The molecule has 0 aliphatic carbocycles. The Morgan fingerprint density at radius 2 is 1.52 bits per heavy atom. The van der Waals surface area contributed by atoms with Gasteiger partial charge in [-0.3, -0.25) is 14.5 Å². The second kappa shape index (κ2) is 9.49. The quantitative estimate of drug-likeness (QED) is 0.342. The van der Waals surface area contributed by atoms with Crippen LogP contribution in [0.15, 0.2) is 53.7 Å². The Morgan fingerprint density at radius 1 is 0.935 bits per heavy atom. The number of ether oxygens (including phenoxy) is 1. The molecule has 1 aliphatic rings. The molecule has 1 saturated heterocycles. The molecule has 0 atom stereocenters. The maximum atomic E-state index is 11.8. The van der Waals surface area contributed by atoms with Gasteiger partial charge in [0.05, 0.1) is 11.4 Å². The maximum Gasteiger partial charge on any atom is 0.255 e. The zero-order chi connectivity index (χ0) is 21.8. The number of H-pyrrole nitrogens is 1. The number of nitrogens with zero attached hydrogens (tertiary/aromatic N) is 2. The van der Waals surface area contributed by atoms with Crippen LogP contribution in [0.5, 0.6) is 0 Å². The molecule has 7 heteroatoms. The highest BCUT2D eigenvalue weighted by molar-refractivity contribution is 7.99. The van der Waals surface area contributed by atoms with E-state index in [0.29, 0.717) is 13.0 Å². The van der Waals surface area contributed by atoms with E-state index in [-0.39, 0.29) is 25.0 Å². The smallest absolute Gasteiger partial charge is 0.255 e. The second-order valence-electron chi connectivity index (χ2n) is 7.63. The highest BCUT2D eigenvalue weighted by atomic mass is 32.2. The van der Waals surface area contributed by atoms with Gasteiger partial charge in [-0.05, 0) is 20.3 Å². The first-order chi connectivity index (χ1) is 15.0. The maximum absolute atomic E-state index is 11.8. The highest BCUT2D eigenvalue weighted by Crippen LogP contribution is 2.33. The summed E-state index contributed by atoms with van der Waals surface area (Å²) in [7, 11) is 0. The van der Waals surface area contributed by atoms with Crippen LogP contribution in [-0.4, -0.2) is 52.2 Å². The van der Waals surface area contributed by atoms with Gasteiger partial charge in [0, 0.05) is 23.4 Å². The van der Waals surface area contributed by atoms with Gasteiger partial charge in [0.25, 0.3) is 11.8 Å². The number of imide groups is 1. The van der Waals surface area contributed by atoms with E-state index in [0.717, 1.165) is 33.4 Å². The molecular formula is C24H25N3O3S. The summed E-state index contributed by atoms with van der Waals surface area (Å²) in [4.78, 5) is 33.3. The lowest BCUT2D eigenvalue weighted by atomic mass is 10.0. The number of thioether (sulfide) groups is 1. The fourth-order valence-corrected chi connectivity index (χ4v) is 4.23. The fraction of sp³-hybridized carbons (Fsp3) is 0.292. The van der Waals surface area contributed by atoms with Gasteiger partial charge in [-0.2, -0.15) is 0 Å². The molecule has 1 N–H and O–H groups in total. The number of carbonyl (C=O) groups is 2. The van der Waals surface area contributed by atoms with E-state index in [2.05, 4.69) is 67.4 Å². The fourth-order valence-electron chi connectivity index (χ4n) is 3.43. The van der Waals surface area contributed by atoms with E-state index in [1.807, 2.05) is 0 Å². The van der Waals surface area contributed by atoms with Crippen molar-refractivity contribution in [3.05, 3.63) is 59.7 Å². The SMILES string of the molecule is Cc1ccc(-c2nc(SCCCN3C(=O)COCC3=O)[nH]c2-c2ccc(C)cc2)cc1. The predicted octanol–water partition coefficient (Wildman–Crippen LogP) is 4.23. The zero-order valence-corrected chi connectivity index (χ0v) is 18.5. The van der Waals surface area contributed by atoms with Crippen molar-refractivity contribution in [1.29, 1.82) is 0 Å². The molecule has 0 bridgehead atoms. The minimum atomic E-state index is -0.262. The molecule has 0 saturated carbocycles. The summed E-state index contributed by atoms with van der Waals surface area (Å²) < 4.78 is 4.95. The van der Waals surface area contributed by atoms with E-state index in [1.54, 1.807) is 11.8 Å². The highest BCUT2D eigenvalue weighted by Gasteiger charge is 2.25. The Kier molecular flexibility index (Phi) is 6.53. The minimum absolute atomic E-state index is 0.0170. The number of amides is 2. The van der Waals surface area contributed by atoms with Crippen LogP contribution in [0, 0.1) is 13.8 Å². The number of aryl methyl sites for hydroxylation is 2. The number of imidazole rings is 1. The summed E-state index contributed by atoms with van der Waals surface area (Å²) in [6.45, 7) is 4.52. The van der Waals surface area contributed by atoms with Crippen LogP contribution in [-0.2, 0) is 14.3 Å². The number of morpholine rings is 1. The molecule has 1 aliphatic heterocycles. The van der Waals surface area contributed by atoms with Crippen molar-refractivity contribution in [2.45, 2.75) is 25.4 Å². The standard InChI is InChI=1S/C24H25N3O3S/c1-16-4-8-18(9-5-16)22-23(19-10-6-17(2)7-11-19)26-24(25-22)31-13-3-12-27-20(28)14-30-15-21(27)29/h4-11H,3,12-15H2,1-2H3,(H,25,26). The minimum Gasteiger partial charge on any atom is -0.362 e. The molecule has 2 aromatic carbocycles. The Balaban J connectivity index is 1.49. The first-order valence-corrected chi connectivity index (χ1v) is 11.3. The third kappa shape index (κ3) is 5.06. The number of hydrogen-bond acceptors (Lipinski definition) is 5. The number of hydrogen-bond donors (Lipinski definition) is 1. The number of carbonyl (C=O) groups excluding carboxylic acids is 2. The molecule has 1 fully saturated rings. The lowest BCUT2D eigenvalue weighted by molar-refractivity contribution is -0.158. The van der Waals surface area contributed by atoms with Gasteiger partial charge in [-0.15, -0.1) is 0 Å². The van der Waals surface area contributed by atoms with Gasteiger partial charge in [-0.1, -0.05) is 71.4 Å².